The van der Waals surface area contributed by atoms with E-state index in [0.29, 0.717) is 19.6 Å². The normalized spacial score (nSPS) is 15.3. The van der Waals surface area contributed by atoms with Gasteiger partial charge >= 0.3 is 0 Å². The summed E-state index contributed by atoms with van der Waals surface area (Å²) in [6, 6.07) is 8.13. The van der Waals surface area contributed by atoms with Gasteiger partial charge < -0.3 is 9.80 Å². The monoisotopic (exact) mass is 300 g/mol. The number of piperazine rings is 1. The van der Waals surface area contributed by atoms with Gasteiger partial charge in [0.1, 0.15) is 18.0 Å². The van der Waals surface area contributed by atoms with Gasteiger partial charge in [0, 0.05) is 31.4 Å². The van der Waals surface area contributed by atoms with E-state index in [9.17, 15) is 9.18 Å². The van der Waals surface area contributed by atoms with Crippen molar-refractivity contribution in [2.24, 2.45) is 0 Å². The summed E-state index contributed by atoms with van der Waals surface area (Å²) in [5.74, 6) is 0.563. The van der Waals surface area contributed by atoms with Gasteiger partial charge in [-0.1, -0.05) is 12.1 Å². The predicted molar refractivity (Wildman–Crippen MR) is 80.8 cm³/mol. The van der Waals surface area contributed by atoms with Crippen molar-refractivity contribution >= 4 is 11.7 Å². The van der Waals surface area contributed by atoms with E-state index in [1.807, 2.05) is 17.9 Å². The van der Waals surface area contributed by atoms with E-state index in [0.717, 1.165) is 23.6 Å². The molecule has 0 spiro atoms. The van der Waals surface area contributed by atoms with Crippen LogP contribution in [-0.2, 0) is 11.3 Å². The van der Waals surface area contributed by atoms with E-state index < -0.39 is 0 Å². The lowest BCUT2D eigenvalue weighted by Crippen LogP contribution is -2.50. The third-order valence-corrected chi connectivity index (χ3v) is 3.72. The maximum absolute atomic E-state index is 12.9. The highest BCUT2D eigenvalue weighted by Gasteiger charge is 2.24. The third-order valence-electron chi connectivity index (χ3n) is 3.72. The zero-order valence-corrected chi connectivity index (χ0v) is 12.4. The Labute approximate surface area is 128 Å². The summed E-state index contributed by atoms with van der Waals surface area (Å²) < 4.78 is 12.9. The lowest BCUT2D eigenvalue weighted by atomic mass is 10.2. The smallest absolute Gasteiger partial charge is 0.242 e. The van der Waals surface area contributed by atoms with Gasteiger partial charge in [0.25, 0.3) is 0 Å². The van der Waals surface area contributed by atoms with Crippen LogP contribution in [0.1, 0.15) is 11.3 Å². The fourth-order valence-electron chi connectivity index (χ4n) is 2.49. The molecule has 6 heteroatoms. The molecule has 1 aliphatic rings. The van der Waals surface area contributed by atoms with Crippen LogP contribution in [0.4, 0.5) is 10.2 Å². The molecule has 0 unspecified atom stereocenters. The van der Waals surface area contributed by atoms with Crippen molar-refractivity contribution in [3.8, 4) is 0 Å². The molecule has 1 aromatic carbocycles. The van der Waals surface area contributed by atoms with Crippen molar-refractivity contribution < 1.29 is 9.18 Å². The van der Waals surface area contributed by atoms with E-state index in [-0.39, 0.29) is 11.7 Å². The number of carbonyl (C=O) groups excluding carboxylic acids is 1. The van der Waals surface area contributed by atoms with E-state index in [2.05, 4.69) is 9.97 Å². The minimum atomic E-state index is -0.265. The van der Waals surface area contributed by atoms with Crippen LogP contribution in [0, 0.1) is 12.7 Å². The quantitative estimate of drug-likeness (QED) is 0.867. The number of hydrogen-bond donors (Lipinski definition) is 0. The second-order valence-corrected chi connectivity index (χ2v) is 5.38. The van der Waals surface area contributed by atoms with Crippen LogP contribution in [0.15, 0.2) is 36.7 Å². The first-order valence-corrected chi connectivity index (χ1v) is 7.17. The summed E-state index contributed by atoms with van der Waals surface area (Å²) in [5.41, 5.74) is 1.81. The fourth-order valence-corrected chi connectivity index (χ4v) is 2.49. The van der Waals surface area contributed by atoms with Crippen molar-refractivity contribution in [3.05, 3.63) is 53.7 Å². The van der Waals surface area contributed by atoms with Crippen molar-refractivity contribution in [1.29, 1.82) is 0 Å². The predicted octanol–water partition coefficient (Wildman–Crippen LogP) is 1.77. The first kappa shape index (κ1) is 14.4. The number of aryl methyl sites for hydroxylation is 1. The first-order chi connectivity index (χ1) is 10.6. The van der Waals surface area contributed by atoms with Gasteiger partial charge in [-0.05, 0) is 24.6 Å². The lowest BCUT2D eigenvalue weighted by molar-refractivity contribution is -0.131. The molecule has 0 saturated carbocycles. The highest BCUT2D eigenvalue weighted by atomic mass is 19.1. The molecule has 2 aromatic rings. The molecule has 0 bridgehead atoms. The summed E-state index contributed by atoms with van der Waals surface area (Å²) >= 11 is 0. The van der Waals surface area contributed by atoms with Gasteiger partial charge in [-0.25, -0.2) is 14.4 Å². The van der Waals surface area contributed by atoms with E-state index in [1.54, 1.807) is 17.0 Å². The zero-order valence-electron chi connectivity index (χ0n) is 12.4. The number of rotatable bonds is 3. The molecule has 1 amide bonds. The van der Waals surface area contributed by atoms with E-state index >= 15 is 0 Å². The molecular formula is C16H17FN4O. The molecule has 1 aliphatic heterocycles. The molecule has 3 rings (SSSR count). The number of hydrogen-bond acceptors (Lipinski definition) is 4. The number of aromatic nitrogens is 2. The molecule has 0 radical (unpaired) electrons. The second kappa shape index (κ2) is 6.09. The number of amides is 1. The maximum atomic E-state index is 12.9. The number of benzene rings is 1. The third kappa shape index (κ3) is 3.21. The Balaban J connectivity index is 1.65. The highest BCUT2D eigenvalue weighted by Crippen LogP contribution is 2.16. The number of halogens is 1. The van der Waals surface area contributed by atoms with Crippen LogP contribution in [0.3, 0.4) is 0 Å². The second-order valence-electron chi connectivity index (χ2n) is 5.38. The van der Waals surface area contributed by atoms with E-state index in [1.165, 1.54) is 18.5 Å². The molecular weight excluding hydrogens is 283 g/mol. The van der Waals surface area contributed by atoms with Crippen LogP contribution in [0.25, 0.3) is 0 Å². The van der Waals surface area contributed by atoms with Crippen molar-refractivity contribution in [2.45, 2.75) is 13.5 Å². The largest absolute Gasteiger partial charge is 0.345 e. The van der Waals surface area contributed by atoms with Gasteiger partial charge in [0.2, 0.25) is 5.91 Å². The summed E-state index contributed by atoms with van der Waals surface area (Å²) in [5, 5.41) is 0. The van der Waals surface area contributed by atoms with Crippen LogP contribution in [-0.4, -0.2) is 40.4 Å². The van der Waals surface area contributed by atoms with Gasteiger partial charge in [-0.3, -0.25) is 4.79 Å². The molecule has 1 saturated heterocycles. The Morgan fingerprint density at radius 2 is 1.95 bits per heavy atom. The van der Waals surface area contributed by atoms with Crippen LogP contribution in [0.5, 0.6) is 0 Å². The zero-order chi connectivity index (χ0) is 15.5. The molecule has 1 fully saturated rings. The summed E-state index contributed by atoms with van der Waals surface area (Å²) in [7, 11) is 0. The summed E-state index contributed by atoms with van der Waals surface area (Å²) in [4.78, 5) is 24.3. The molecule has 2 heterocycles. The topological polar surface area (TPSA) is 49.3 Å². The minimum Gasteiger partial charge on any atom is -0.345 e. The Kier molecular flexibility index (Phi) is 4.00. The molecule has 0 atom stereocenters. The van der Waals surface area contributed by atoms with Crippen LogP contribution in [0.2, 0.25) is 0 Å². The van der Waals surface area contributed by atoms with Gasteiger partial charge in [-0.2, -0.15) is 0 Å². The Bertz CT molecular complexity index is 674. The lowest BCUT2D eigenvalue weighted by Gasteiger charge is -2.35. The highest BCUT2D eigenvalue weighted by molar-refractivity contribution is 5.82. The van der Waals surface area contributed by atoms with Crippen molar-refractivity contribution in [3.63, 3.8) is 0 Å². The average molecular weight is 300 g/mol. The fraction of sp³-hybridized carbons (Fsp3) is 0.312. The van der Waals surface area contributed by atoms with Crippen LogP contribution < -0.4 is 4.90 Å². The molecule has 0 aliphatic carbocycles. The maximum Gasteiger partial charge on any atom is 0.242 e. The van der Waals surface area contributed by atoms with Crippen molar-refractivity contribution in [1.82, 2.24) is 14.9 Å². The Morgan fingerprint density at radius 3 is 2.64 bits per heavy atom. The standard InChI is InChI=1S/C16H17FN4O/c1-12-8-15(19-11-18-12)20-6-7-21(16(22)10-20)9-13-2-4-14(17)5-3-13/h2-5,8,11H,6-7,9-10H2,1H3. The summed E-state index contributed by atoms with van der Waals surface area (Å²) in [6.07, 6.45) is 1.51. The van der Waals surface area contributed by atoms with Gasteiger partial charge in [0.15, 0.2) is 0 Å². The average Bonchev–Trinajstić information content (AvgIpc) is 2.51. The minimum absolute atomic E-state index is 0.0480. The van der Waals surface area contributed by atoms with E-state index in [4.69, 9.17) is 0 Å². The SMILES string of the molecule is Cc1cc(N2CCN(Cc3ccc(F)cc3)C(=O)C2)ncn1. The molecule has 22 heavy (non-hydrogen) atoms. The van der Waals surface area contributed by atoms with Crippen molar-refractivity contribution in [2.75, 3.05) is 24.5 Å². The van der Waals surface area contributed by atoms with Crippen LogP contribution >= 0.6 is 0 Å². The summed E-state index contributed by atoms with van der Waals surface area (Å²) in [6.45, 7) is 4.06. The first-order valence-electron chi connectivity index (χ1n) is 7.17. The molecule has 114 valence electrons. The number of carbonyl (C=O) groups is 1. The Hall–Kier alpha value is -2.50. The number of nitrogens with zero attached hydrogens (tertiary/aromatic N) is 4. The number of anilines is 1. The van der Waals surface area contributed by atoms with Gasteiger partial charge in [-0.15, -0.1) is 0 Å². The Morgan fingerprint density at radius 1 is 1.18 bits per heavy atom. The molecule has 5 nitrogen and oxygen atoms in total. The molecule has 1 aromatic heterocycles. The molecule has 0 N–H and O–H groups in total. The van der Waals surface area contributed by atoms with Gasteiger partial charge in [0.05, 0.1) is 6.54 Å².